The summed E-state index contributed by atoms with van der Waals surface area (Å²) in [5, 5.41) is 2.81. The molecule has 0 radical (unpaired) electrons. The number of urea groups is 1. The summed E-state index contributed by atoms with van der Waals surface area (Å²) < 4.78 is 49.8. The van der Waals surface area contributed by atoms with Crippen molar-refractivity contribution in [2.75, 3.05) is 44.7 Å². The second-order valence-electron chi connectivity index (χ2n) is 8.28. The number of halogens is 3. The minimum Gasteiger partial charge on any atom is -0.496 e. The van der Waals surface area contributed by atoms with E-state index < -0.39 is 11.7 Å². The maximum Gasteiger partial charge on any atom is 0.416 e. The number of alkyl halides is 3. The van der Waals surface area contributed by atoms with E-state index in [1.54, 1.807) is 31.2 Å². The summed E-state index contributed by atoms with van der Waals surface area (Å²) in [6.45, 7) is 4.39. The molecule has 4 rings (SSSR count). The Bertz CT molecular complexity index is 1170. The van der Waals surface area contributed by atoms with Gasteiger partial charge in [-0.1, -0.05) is 18.2 Å². The summed E-state index contributed by atoms with van der Waals surface area (Å²) in [7, 11) is 1.60. The van der Waals surface area contributed by atoms with Crippen molar-refractivity contribution in [1.29, 1.82) is 0 Å². The second-order valence-corrected chi connectivity index (χ2v) is 8.28. The lowest BCUT2D eigenvalue weighted by atomic mass is 10.1. The van der Waals surface area contributed by atoms with Gasteiger partial charge >= 0.3 is 12.2 Å². The average molecular weight is 489 g/mol. The Morgan fingerprint density at radius 3 is 2.57 bits per heavy atom. The number of amides is 2. The Morgan fingerprint density at radius 1 is 1.14 bits per heavy atom. The number of aromatic nitrogens is 1. The van der Waals surface area contributed by atoms with Gasteiger partial charge in [-0.15, -0.1) is 0 Å². The predicted molar refractivity (Wildman–Crippen MR) is 126 cm³/mol. The highest BCUT2D eigenvalue weighted by Gasteiger charge is 2.30. The molecule has 2 heterocycles. The summed E-state index contributed by atoms with van der Waals surface area (Å²) in [6, 6.07) is 10.8. The predicted octanol–water partition coefficient (Wildman–Crippen LogP) is 4.75. The molecule has 0 atom stereocenters. The number of nitrogens with zero attached hydrogens (tertiary/aromatic N) is 3. The van der Waals surface area contributed by atoms with E-state index in [-0.39, 0.29) is 12.6 Å². The number of rotatable bonds is 6. The van der Waals surface area contributed by atoms with Crippen molar-refractivity contribution in [1.82, 2.24) is 15.2 Å². The number of hydrogen-bond donors (Lipinski definition) is 1. The number of methoxy groups -OCH3 is 1. The molecule has 1 aliphatic rings. The van der Waals surface area contributed by atoms with Gasteiger partial charge in [-0.25, -0.2) is 9.78 Å². The summed E-state index contributed by atoms with van der Waals surface area (Å²) in [4.78, 5) is 20.6. The smallest absolute Gasteiger partial charge is 0.416 e. The Balaban J connectivity index is 1.29. The zero-order valence-corrected chi connectivity index (χ0v) is 19.6. The second kappa shape index (κ2) is 10.3. The zero-order valence-electron chi connectivity index (χ0n) is 19.6. The molecule has 1 aliphatic heterocycles. The molecule has 0 spiro atoms. The average Bonchev–Trinajstić information content (AvgIpc) is 3.29. The first kappa shape index (κ1) is 24.4. The van der Waals surface area contributed by atoms with E-state index in [0.717, 1.165) is 23.4 Å². The zero-order chi connectivity index (χ0) is 25.0. The van der Waals surface area contributed by atoms with Crippen molar-refractivity contribution >= 4 is 11.7 Å². The highest BCUT2D eigenvalue weighted by Crippen LogP contribution is 2.34. The van der Waals surface area contributed by atoms with Crippen molar-refractivity contribution in [3.63, 3.8) is 0 Å². The third-order valence-corrected chi connectivity index (χ3v) is 5.95. The van der Waals surface area contributed by atoms with Crippen LogP contribution < -0.4 is 15.0 Å². The Morgan fingerprint density at radius 2 is 1.91 bits per heavy atom. The first-order valence-corrected chi connectivity index (χ1v) is 11.3. The van der Waals surface area contributed by atoms with E-state index in [0.29, 0.717) is 55.6 Å². The molecule has 7 nitrogen and oxygen atoms in total. The molecule has 0 bridgehead atoms. The lowest BCUT2D eigenvalue weighted by molar-refractivity contribution is -0.137. The van der Waals surface area contributed by atoms with Gasteiger partial charge in [0.1, 0.15) is 5.75 Å². The van der Waals surface area contributed by atoms with E-state index in [2.05, 4.69) is 15.2 Å². The van der Waals surface area contributed by atoms with Gasteiger partial charge in [0, 0.05) is 51.4 Å². The number of piperazine rings is 1. The summed E-state index contributed by atoms with van der Waals surface area (Å²) in [5.41, 5.74) is 1.64. The minimum absolute atomic E-state index is 0.217. The molecule has 1 saturated heterocycles. The number of benzene rings is 2. The normalized spacial score (nSPS) is 14.2. The SMILES string of the molecule is COc1cc(N2CCN(C(=O)NCCc3cccc(C(F)(F)F)c3)CC2)ccc1-c1cnc(C)o1. The Labute approximate surface area is 201 Å². The Hall–Kier alpha value is -3.69. The van der Waals surface area contributed by atoms with Gasteiger partial charge in [-0.2, -0.15) is 13.2 Å². The van der Waals surface area contributed by atoms with E-state index in [9.17, 15) is 18.0 Å². The van der Waals surface area contributed by atoms with E-state index >= 15 is 0 Å². The minimum atomic E-state index is -4.38. The van der Waals surface area contributed by atoms with Crippen LogP contribution in [0.5, 0.6) is 5.75 Å². The van der Waals surface area contributed by atoms with Crippen molar-refractivity contribution in [2.45, 2.75) is 19.5 Å². The highest BCUT2D eigenvalue weighted by atomic mass is 19.4. The number of hydrogen-bond acceptors (Lipinski definition) is 5. The standard InChI is InChI=1S/C25H27F3N4O3/c1-17-30-16-23(35-17)21-7-6-20(15-22(21)34-2)31-10-12-32(13-11-31)24(33)29-9-8-18-4-3-5-19(14-18)25(26,27)28/h3-7,14-16H,8-13H2,1-2H3,(H,29,33). The van der Waals surface area contributed by atoms with Gasteiger partial charge in [0.15, 0.2) is 11.7 Å². The third-order valence-electron chi connectivity index (χ3n) is 5.95. The van der Waals surface area contributed by atoms with Gasteiger partial charge in [0.05, 0.1) is 24.4 Å². The summed E-state index contributed by atoms with van der Waals surface area (Å²) in [6.07, 6.45) is -2.39. The first-order valence-electron chi connectivity index (χ1n) is 11.3. The molecule has 1 N–H and O–H groups in total. The molecule has 1 aromatic heterocycles. The van der Waals surface area contributed by atoms with Crippen LogP contribution in [0.25, 0.3) is 11.3 Å². The molecular weight excluding hydrogens is 461 g/mol. The summed E-state index contributed by atoms with van der Waals surface area (Å²) >= 11 is 0. The van der Waals surface area contributed by atoms with Gasteiger partial charge in [-0.05, 0) is 30.2 Å². The van der Waals surface area contributed by atoms with Crippen LogP contribution in [0.3, 0.4) is 0 Å². The molecule has 0 unspecified atom stereocenters. The van der Waals surface area contributed by atoms with Crippen molar-refractivity contribution in [2.24, 2.45) is 0 Å². The maximum atomic E-state index is 12.9. The van der Waals surface area contributed by atoms with Crippen LogP contribution in [0.2, 0.25) is 0 Å². The number of aryl methyl sites for hydroxylation is 1. The van der Waals surface area contributed by atoms with Crippen LogP contribution in [-0.2, 0) is 12.6 Å². The van der Waals surface area contributed by atoms with Crippen LogP contribution in [0.4, 0.5) is 23.7 Å². The highest BCUT2D eigenvalue weighted by molar-refractivity contribution is 5.75. The number of ether oxygens (including phenoxy) is 1. The quantitative estimate of drug-likeness (QED) is 0.542. The van der Waals surface area contributed by atoms with Gasteiger partial charge < -0.3 is 24.3 Å². The van der Waals surface area contributed by atoms with E-state index in [1.165, 1.54) is 6.07 Å². The lowest BCUT2D eigenvalue weighted by Gasteiger charge is -2.36. The maximum absolute atomic E-state index is 12.9. The first-order chi connectivity index (χ1) is 16.7. The van der Waals surface area contributed by atoms with Crippen LogP contribution in [0.15, 0.2) is 53.1 Å². The van der Waals surface area contributed by atoms with Crippen molar-refractivity contribution in [3.8, 4) is 17.1 Å². The number of carbonyl (C=O) groups is 1. The Kier molecular flexibility index (Phi) is 7.18. The molecule has 10 heteroatoms. The monoisotopic (exact) mass is 488 g/mol. The van der Waals surface area contributed by atoms with Crippen LogP contribution in [0.1, 0.15) is 17.0 Å². The molecule has 0 saturated carbocycles. The van der Waals surface area contributed by atoms with Crippen molar-refractivity contribution < 1.29 is 27.1 Å². The van der Waals surface area contributed by atoms with Crippen LogP contribution in [0, 0.1) is 6.92 Å². The largest absolute Gasteiger partial charge is 0.496 e. The fourth-order valence-electron chi connectivity index (χ4n) is 4.06. The van der Waals surface area contributed by atoms with E-state index in [4.69, 9.17) is 9.15 Å². The molecule has 2 aromatic carbocycles. The number of carbonyl (C=O) groups excluding carboxylic acids is 1. The fraction of sp³-hybridized carbons (Fsp3) is 0.360. The lowest BCUT2D eigenvalue weighted by Crippen LogP contribution is -2.52. The molecule has 186 valence electrons. The third kappa shape index (κ3) is 5.87. The van der Waals surface area contributed by atoms with Crippen LogP contribution >= 0.6 is 0 Å². The fourth-order valence-corrected chi connectivity index (χ4v) is 4.06. The molecule has 0 aliphatic carbocycles. The van der Waals surface area contributed by atoms with Gasteiger partial charge in [0.25, 0.3) is 0 Å². The van der Waals surface area contributed by atoms with Gasteiger partial charge in [0.2, 0.25) is 0 Å². The number of oxazole rings is 1. The molecule has 3 aromatic rings. The van der Waals surface area contributed by atoms with Crippen LogP contribution in [-0.4, -0.2) is 55.7 Å². The van der Waals surface area contributed by atoms with Gasteiger partial charge in [-0.3, -0.25) is 0 Å². The number of anilines is 1. The van der Waals surface area contributed by atoms with Crippen molar-refractivity contribution in [3.05, 3.63) is 65.7 Å². The molecule has 1 fully saturated rings. The summed E-state index contributed by atoms with van der Waals surface area (Å²) in [5.74, 6) is 1.89. The number of nitrogens with one attached hydrogen (secondary N) is 1. The van der Waals surface area contributed by atoms with E-state index in [1.807, 2.05) is 18.2 Å². The molecular formula is C25H27F3N4O3. The topological polar surface area (TPSA) is 70.8 Å². The molecule has 35 heavy (non-hydrogen) atoms. The molecule has 2 amide bonds.